The highest BCUT2D eigenvalue weighted by Gasteiger charge is 2.19. The average Bonchev–Trinajstić information content (AvgIpc) is 2.67. The number of hydrogen-bond donors (Lipinski definition) is 0. The fourth-order valence-corrected chi connectivity index (χ4v) is 3.61. The quantitative estimate of drug-likeness (QED) is 0.277. The number of hydrogen-bond acceptors (Lipinski definition) is 0. The van der Waals surface area contributed by atoms with Crippen LogP contribution in [0.15, 0.2) is 60.9 Å². The first kappa shape index (κ1) is 19.7. The van der Waals surface area contributed by atoms with Gasteiger partial charge in [0.25, 0.3) is 0 Å². The third-order valence-electron chi connectivity index (χ3n) is 5.11. The Hall–Kier alpha value is -1.63. The van der Waals surface area contributed by atoms with Gasteiger partial charge in [-0.3, -0.25) is 0 Å². The minimum atomic E-state index is 0.469. The second kappa shape index (κ2) is 12.7. The number of aromatic nitrogens is 1. The zero-order valence-corrected chi connectivity index (χ0v) is 16.1. The molecule has 2 rings (SSSR count). The smallest absolute Gasteiger partial charge is 0.183 e. The van der Waals surface area contributed by atoms with E-state index in [1.54, 1.807) is 0 Å². The maximum Gasteiger partial charge on any atom is 0.183 e. The van der Waals surface area contributed by atoms with E-state index in [0.717, 1.165) is 0 Å². The molecule has 0 amide bonds. The average molecular weight is 339 g/mol. The normalized spacial score (nSPS) is 12.2. The molecule has 25 heavy (non-hydrogen) atoms. The lowest BCUT2D eigenvalue weighted by molar-refractivity contribution is -0.714. The zero-order valence-electron chi connectivity index (χ0n) is 16.1. The van der Waals surface area contributed by atoms with Crippen LogP contribution in [0.1, 0.15) is 89.2 Å². The summed E-state index contributed by atoms with van der Waals surface area (Å²) >= 11 is 0. The maximum atomic E-state index is 2.36. The van der Waals surface area contributed by atoms with E-state index < -0.39 is 0 Å². The van der Waals surface area contributed by atoms with Gasteiger partial charge >= 0.3 is 0 Å². The molecule has 1 aromatic carbocycles. The summed E-state index contributed by atoms with van der Waals surface area (Å²) in [5, 5.41) is 0. The highest BCUT2D eigenvalue weighted by molar-refractivity contribution is 5.17. The highest BCUT2D eigenvalue weighted by atomic mass is 15.0. The van der Waals surface area contributed by atoms with Crippen LogP contribution in [-0.2, 0) is 0 Å². The summed E-state index contributed by atoms with van der Waals surface area (Å²) in [5.74, 6) is 0. The Bertz CT molecular complexity index is 495. The van der Waals surface area contributed by atoms with E-state index in [0.29, 0.717) is 6.04 Å². The molecule has 0 bridgehead atoms. The SMILES string of the molecule is CCCCCCCCCCCC[C@@H](c1ccccc1)[n+]1ccccc1. The van der Waals surface area contributed by atoms with Gasteiger partial charge in [-0.05, 0) is 6.42 Å². The van der Waals surface area contributed by atoms with Gasteiger partial charge < -0.3 is 0 Å². The van der Waals surface area contributed by atoms with Crippen LogP contribution in [0.2, 0.25) is 0 Å². The summed E-state index contributed by atoms with van der Waals surface area (Å²) in [5.41, 5.74) is 1.43. The molecule has 0 aliphatic rings. The second-order valence-electron chi connectivity index (χ2n) is 7.22. The largest absolute Gasteiger partial charge is 0.198 e. The predicted octanol–water partition coefficient (Wildman–Crippen LogP) is 6.87. The first-order chi connectivity index (χ1) is 12.4. The zero-order chi connectivity index (χ0) is 17.6. The Morgan fingerprint density at radius 3 is 1.76 bits per heavy atom. The van der Waals surface area contributed by atoms with Crippen molar-refractivity contribution in [2.75, 3.05) is 0 Å². The lowest BCUT2D eigenvalue weighted by Gasteiger charge is -2.13. The van der Waals surface area contributed by atoms with Gasteiger partial charge in [-0.15, -0.1) is 0 Å². The molecular weight excluding hydrogens is 302 g/mol. The topological polar surface area (TPSA) is 3.88 Å². The fraction of sp³-hybridized carbons (Fsp3) is 0.542. The molecule has 1 atom stereocenters. The van der Waals surface area contributed by atoms with Crippen LogP contribution in [0.25, 0.3) is 0 Å². The Balaban J connectivity index is 1.69. The van der Waals surface area contributed by atoms with Gasteiger partial charge in [-0.2, -0.15) is 4.57 Å². The first-order valence-corrected chi connectivity index (χ1v) is 10.4. The van der Waals surface area contributed by atoms with Crippen LogP contribution in [0.3, 0.4) is 0 Å². The Labute approximate surface area is 155 Å². The Kier molecular flexibility index (Phi) is 10.00. The monoisotopic (exact) mass is 338 g/mol. The molecule has 0 spiro atoms. The molecule has 0 fully saturated rings. The van der Waals surface area contributed by atoms with Crippen molar-refractivity contribution >= 4 is 0 Å². The summed E-state index contributed by atoms with van der Waals surface area (Å²) in [7, 11) is 0. The van der Waals surface area contributed by atoms with Gasteiger partial charge in [0.15, 0.2) is 18.4 Å². The van der Waals surface area contributed by atoms with E-state index in [-0.39, 0.29) is 0 Å². The van der Waals surface area contributed by atoms with Gasteiger partial charge in [-0.25, -0.2) is 0 Å². The van der Waals surface area contributed by atoms with Gasteiger partial charge in [0.1, 0.15) is 0 Å². The lowest BCUT2D eigenvalue weighted by Crippen LogP contribution is -2.39. The van der Waals surface area contributed by atoms with E-state index in [2.05, 4.69) is 72.4 Å². The Morgan fingerprint density at radius 2 is 1.16 bits per heavy atom. The molecule has 0 unspecified atom stereocenters. The third-order valence-corrected chi connectivity index (χ3v) is 5.11. The van der Waals surface area contributed by atoms with Crippen LogP contribution in [0.5, 0.6) is 0 Å². The molecule has 0 aliphatic heterocycles. The van der Waals surface area contributed by atoms with Crippen molar-refractivity contribution in [1.29, 1.82) is 0 Å². The van der Waals surface area contributed by atoms with Crippen molar-refractivity contribution in [2.24, 2.45) is 0 Å². The highest BCUT2D eigenvalue weighted by Crippen LogP contribution is 2.20. The van der Waals surface area contributed by atoms with Crippen molar-refractivity contribution in [3.63, 3.8) is 0 Å². The summed E-state index contributed by atoms with van der Waals surface area (Å²) in [4.78, 5) is 0. The molecule has 1 aromatic heterocycles. The molecule has 0 saturated carbocycles. The van der Waals surface area contributed by atoms with Gasteiger partial charge in [-0.1, -0.05) is 101 Å². The van der Waals surface area contributed by atoms with Crippen molar-refractivity contribution in [3.8, 4) is 0 Å². The van der Waals surface area contributed by atoms with Crippen LogP contribution < -0.4 is 4.57 Å². The van der Waals surface area contributed by atoms with Crippen LogP contribution >= 0.6 is 0 Å². The van der Waals surface area contributed by atoms with Crippen LogP contribution in [0, 0.1) is 0 Å². The van der Waals surface area contributed by atoms with E-state index in [1.165, 1.54) is 76.2 Å². The van der Waals surface area contributed by atoms with Crippen LogP contribution in [0.4, 0.5) is 0 Å². The van der Waals surface area contributed by atoms with Crippen molar-refractivity contribution in [1.82, 2.24) is 0 Å². The van der Waals surface area contributed by atoms with Gasteiger partial charge in [0, 0.05) is 24.1 Å². The molecule has 1 heterocycles. The van der Waals surface area contributed by atoms with E-state index in [1.807, 2.05) is 0 Å². The standard InChI is InChI=1S/C24H36N/c1-2-3-4-5-6-7-8-9-10-15-20-24(23-18-13-11-14-19-23)25-21-16-12-17-22-25/h11-14,16-19,21-22,24H,2-10,15,20H2,1H3/q+1/t24-/m0/s1. The lowest BCUT2D eigenvalue weighted by atomic mass is 9.99. The summed E-state index contributed by atoms with van der Waals surface area (Å²) in [6, 6.07) is 17.8. The molecule has 2 aromatic rings. The minimum absolute atomic E-state index is 0.469. The molecule has 0 radical (unpaired) electrons. The molecule has 1 nitrogen and oxygen atoms in total. The van der Waals surface area contributed by atoms with E-state index >= 15 is 0 Å². The van der Waals surface area contributed by atoms with Gasteiger partial charge in [0.2, 0.25) is 0 Å². The molecule has 136 valence electrons. The predicted molar refractivity (Wildman–Crippen MR) is 108 cm³/mol. The first-order valence-electron chi connectivity index (χ1n) is 10.4. The number of rotatable bonds is 13. The minimum Gasteiger partial charge on any atom is -0.198 e. The van der Waals surface area contributed by atoms with Crippen LogP contribution in [-0.4, -0.2) is 0 Å². The second-order valence-corrected chi connectivity index (χ2v) is 7.22. The summed E-state index contributed by atoms with van der Waals surface area (Å²) in [6.07, 6.45) is 19.6. The molecular formula is C24H36N+. The van der Waals surface area contributed by atoms with E-state index in [4.69, 9.17) is 0 Å². The summed E-state index contributed by atoms with van der Waals surface area (Å²) < 4.78 is 2.36. The summed E-state index contributed by atoms with van der Waals surface area (Å²) in [6.45, 7) is 2.29. The maximum absolute atomic E-state index is 2.36. The van der Waals surface area contributed by atoms with E-state index in [9.17, 15) is 0 Å². The molecule has 1 heteroatoms. The fourth-order valence-electron chi connectivity index (χ4n) is 3.61. The molecule has 0 N–H and O–H groups in total. The van der Waals surface area contributed by atoms with Gasteiger partial charge in [0.05, 0.1) is 0 Å². The number of unbranched alkanes of at least 4 members (excludes halogenated alkanes) is 9. The van der Waals surface area contributed by atoms with Crippen molar-refractivity contribution in [3.05, 3.63) is 66.5 Å². The number of nitrogens with zero attached hydrogens (tertiary/aromatic N) is 1. The molecule has 0 saturated heterocycles. The number of pyridine rings is 1. The third kappa shape index (κ3) is 7.86. The van der Waals surface area contributed by atoms with Crippen molar-refractivity contribution in [2.45, 2.75) is 83.6 Å². The Morgan fingerprint density at radius 1 is 0.640 bits per heavy atom. The molecule has 0 aliphatic carbocycles. The number of benzene rings is 1. The van der Waals surface area contributed by atoms with Crippen molar-refractivity contribution < 1.29 is 4.57 Å².